The Morgan fingerprint density at radius 1 is 1.57 bits per heavy atom. The van der Waals surface area contributed by atoms with Crippen LogP contribution in [0.5, 0.6) is 0 Å². The van der Waals surface area contributed by atoms with E-state index < -0.39 is 5.54 Å². The van der Waals surface area contributed by atoms with Crippen molar-refractivity contribution in [3.8, 4) is 0 Å². The van der Waals surface area contributed by atoms with Gasteiger partial charge in [0.25, 0.3) is 0 Å². The molecule has 0 aromatic carbocycles. The van der Waals surface area contributed by atoms with Gasteiger partial charge in [-0.05, 0) is 20.3 Å². The molecule has 6 heteroatoms. The predicted molar refractivity (Wildman–Crippen MR) is 79.8 cm³/mol. The van der Waals surface area contributed by atoms with E-state index in [1.807, 2.05) is 38.6 Å². The van der Waals surface area contributed by atoms with Crippen molar-refractivity contribution in [1.29, 1.82) is 0 Å². The number of rotatable bonds is 3. The minimum Gasteiger partial charge on any atom is -0.377 e. The first-order chi connectivity index (χ1) is 9.78. The van der Waals surface area contributed by atoms with Crippen LogP contribution in [0.3, 0.4) is 0 Å². The SMILES string of the molecule is CC(C)n1cc(NC(=O)C2(N)C3CCOC3C2(C)C)cn1. The number of amides is 1. The Morgan fingerprint density at radius 2 is 2.29 bits per heavy atom. The third-order valence-corrected chi connectivity index (χ3v) is 5.22. The first-order valence-corrected chi connectivity index (χ1v) is 7.54. The number of nitrogens with zero attached hydrogens (tertiary/aromatic N) is 2. The summed E-state index contributed by atoms with van der Waals surface area (Å²) in [5, 5.41) is 7.16. The fourth-order valence-corrected chi connectivity index (χ4v) is 3.76. The lowest BCUT2D eigenvalue weighted by atomic mass is 9.48. The maximum atomic E-state index is 12.7. The highest BCUT2D eigenvalue weighted by Crippen LogP contribution is 2.58. The molecular weight excluding hydrogens is 268 g/mol. The second kappa shape index (κ2) is 4.55. The molecule has 0 bridgehead atoms. The van der Waals surface area contributed by atoms with Crippen molar-refractivity contribution in [2.45, 2.75) is 51.8 Å². The van der Waals surface area contributed by atoms with E-state index >= 15 is 0 Å². The van der Waals surface area contributed by atoms with E-state index in [4.69, 9.17) is 10.5 Å². The van der Waals surface area contributed by atoms with Gasteiger partial charge in [0.2, 0.25) is 5.91 Å². The standard InChI is InChI=1S/C15H24N4O2/c1-9(2)19-8-10(7-17-19)18-13(20)15(16)11-5-6-21-12(11)14(15,3)4/h7-9,11-12H,5-6,16H2,1-4H3,(H,18,20). The van der Waals surface area contributed by atoms with E-state index in [0.29, 0.717) is 12.3 Å². The number of hydrogen-bond acceptors (Lipinski definition) is 4. The Morgan fingerprint density at radius 3 is 2.90 bits per heavy atom. The predicted octanol–water partition coefficient (Wildman–Crippen LogP) is 1.54. The molecule has 21 heavy (non-hydrogen) atoms. The third-order valence-electron chi connectivity index (χ3n) is 5.22. The van der Waals surface area contributed by atoms with Gasteiger partial charge in [-0.3, -0.25) is 9.48 Å². The van der Waals surface area contributed by atoms with Gasteiger partial charge in [0, 0.05) is 30.2 Å². The second-order valence-corrected chi connectivity index (χ2v) is 7.03. The van der Waals surface area contributed by atoms with Crippen molar-refractivity contribution in [1.82, 2.24) is 9.78 Å². The van der Waals surface area contributed by atoms with Crippen LogP contribution in [0.15, 0.2) is 12.4 Å². The summed E-state index contributed by atoms with van der Waals surface area (Å²) in [6, 6.07) is 0.259. The van der Waals surface area contributed by atoms with Gasteiger partial charge in [-0.1, -0.05) is 13.8 Å². The van der Waals surface area contributed by atoms with Crippen LogP contribution in [-0.2, 0) is 9.53 Å². The zero-order valence-corrected chi connectivity index (χ0v) is 13.1. The molecule has 1 aromatic heterocycles. The number of fused-ring (bicyclic) bond motifs is 1. The van der Waals surface area contributed by atoms with Crippen LogP contribution >= 0.6 is 0 Å². The highest BCUT2D eigenvalue weighted by molar-refractivity contribution is 6.00. The average molecular weight is 292 g/mol. The fraction of sp³-hybridized carbons (Fsp3) is 0.733. The van der Waals surface area contributed by atoms with Gasteiger partial charge in [0.1, 0.15) is 5.54 Å². The lowest BCUT2D eigenvalue weighted by Gasteiger charge is -2.60. The molecule has 3 N–H and O–H groups in total. The van der Waals surface area contributed by atoms with Gasteiger partial charge >= 0.3 is 0 Å². The summed E-state index contributed by atoms with van der Waals surface area (Å²) in [4.78, 5) is 12.7. The van der Waals surface area contributed by atoms with Crippen LogP contribution in [0.2, 0.25) is 0 Å². The zero-order valence-electron chi connectivity index (χ0n) is 13.1. The summed E-state index contributed by atoms with van der Waals surface area (Å²) in [6.45, 7) is 8.79. The molecule has 3 atom stereocenters. The number of carbonyl (C=O) groups excluding carboxylic acids is 1. The lowest BCUT2D eigenvalue weighted by molar-refractivity contribution is -0.170. The first kappa shape index (κ1) is 14.5. The molecule has 1 aliphatic heterocycles. The van der Waals surface area contributed by atoms with Crippen molar-refractivity contribution >= 4 is 11.6 Å². The van der Waals surface area contributed by atoms with Gasteiger partial charge in [0.05, 0.1) is 18.0 Å². The van der Waals surface area contributed by atoms with Crippen molar-refractivity contribution < 1.29 is 9.53 Å². The van der Waals surface area contributed by atoms with Crippen LogP contribution in [0.1, 0.15) is 40.2 Å². The Kier molecular flexibility index (Phi) is 3.15. The van der Waals surface area contributed by atoms with Gasteiger partial charge in [-0.25, -0.2) is 0 Å². The molecule has 1 saturated heterocycles. The molecule has 1 saturated carbocycles. The molecule has 1 amide bonds. The highest BCUT2D eigenvalue weighted by atomic mass is 16.5. The summed E-state index contributed by atoms with van der Waals surface area (Å²) in [7, 11) is 0. The number of nitrogens with two attached hydrogens (primary N) is 1. The quantitative estimate of drug-likeness (QED) is 0.885. The van der Waals surface area contributed by atoms with Crippen molar-refractivity contribution in [3.63, 3.8) is 0 Å². The first-order valence-electron chi connectivity index (χ1n) is 7.54. The van der Waals surface area contributed by atoms with Gasteiger partial charge in [-0.15, -0.1) is 0 Å². The van der Waals surface area contributed by atoms with Crippen molar-refractivity contribution in [2.24, 2.45) is 17.1 Å². The van der Waals surface area contributed by atoms with Gasteiger partial charge < -0.3 is 15.8 Å². The molecule has 6 nitrogen and oxygen atoms in total. The summed E-state index contributed by atoms with van der Waals surface area (Å²) in [6.07, 6.45) is 4.44. The zero-order chi connectivity index (χ0) is 15.4. The summed E-state index contributed by atoms with van der Waals surface area (Å²) in [5.74, 6) is -0.0322. The number of nitrogens with one attached hydrogen (secondary N) is 1. The Bertz CT molecular complexity index is 566. The highest BCUT2D eigenvalue weighted by Gasteiger charge is 2.71. The molecule has 0 spiro atoms. The normalized spacial score (nSPS) is 33.6. The van der Waals surface area contributed by atoms with Crippen LogP contribution in [0, 0.1) is 11.3 Å². The lowest BCUT2D eigenvalue weighted by Crippen LogP contribution is -2.79. The molecule has 3 unspecified atom stereocenters. The van der Waals surface area contributed by atoms with E-state index in [1.165, 1.54) is 0 Å². The Hall–Kier alpha value is -1.40. The molecule has 116 valence electrons. The number of carbonyl (C=O) groups is 1. The maximum Gasteiger partial charge on any atom is 0.245 e. The van der Waals surface area contributed by atoms with E-state index in [-0.39, 0.29) is 29.4 Å². The smallest absolute Gasteiger partial charge is 0.245 e. The van der Waals surface area contributed by atoms with E-state index in [1.54, 1.807) is 6.20 Å². The van der Waals surface area contributed by atoms with Crippen molar-refractivity contribution in [3.05, 3.63) is 12.4 Å². The maximum absolute atomic E-state index is 12.7. The third kappa shape index (κ3) is 1.85. The summed E-state index contributed by atoms with van der Waals surface area (Å²) in [5.41, 5.74) is 5.96. The largest absolute Gasteiger partial charge is 0.377 e. The Labute approximate surface area is 125 Å². The van der Waals surface area contributed by atoms with E-state index in [9.17, 15) is 4.79 Å². The average Bonchev–Trinajstić information content (AvgIpc) is 3.05. The van der Waals surface area contributed by atoms with Crippen LogP contribution in [0.4, 0.5) is 5.69 Å². The van der Waals surface area contributed by atoms with Crippen molar-refractivity contribution in [2.75, 3.05) is 11.9 Å². The number of aromatic nitrogens is 2. The fourth-order valence-electron chi connectivity index (χ4n) is 3.76. The number of hydrogen-bond donors (Lipinski definition) is 2. The molecule has 2 aliphatic rings. The molecular formula is C15H24N4O2. The molecule has 1 aliphatic carbocycles. The van der Waals surface area contributed by atoms with Gasteiger partial charge in [0.15, 0.2) is 0 Å². The van der Waals surface area contributed by atoms with E-state index in [0.717, 1.165) is 6.42 Å². The minimum atomic E-state index is -0.881. The monoisotopic (exact) mass is 292 g/mol. The summed E-state index contributed by atoms with van der Waals surface area (Å²) >= 11 is 0. The second-order valence-electron chi connectivity index (χ2n) is 7.03. The van der Waals surface area contributed by atoms with Gasteiger partial charge in [-0.2, -0.15) is 5.10 Å². The Balaban J connectivity index is 1.78. The molecule has 1 aromatic rings. The van der Waals surface area contributed by atoms with Crippen LogP contribution in [0.25, 0.3) is 0 Å². The number of ether oxygens (including phenoxy) is 1. The minimum absolute atomic E-state index is 0.0895. The van der Waals surface area contributed by atoms with E-state index in [2.05, 4.69) is 10.4 Å². The van der Waals surface area contributed by atoms with Crippen LogP contribution < -0.4 is 11.1 Å². The molecule has 0 radical (unpaired) electrons. The van der Waals surface area contributed by atoms with Crippen LogP contribution in [-0.4, -0.2) is 33.9 Å². The molecule has 2 fully saturated rings. The number of anilines is 1. The summed E-state index contributed by atoms with van der Waals surface area (Å²) < 4.78 is 7.53. The molecule has 3 rings (SSSR count). The topological polar surface area (TPSA) is 82.2 Å². The molecule has 2 heterocycles.